The molecule has 0 spiro atoms. The van der Waals surface area contributed by atoms with Crippen molar-refractivity contribution >= 4 is 11.6 Å². The van der Waals surface area contributed by atoms with E-state index in [1.165, 1.54) is 12.3 Å². The van der Waals surface area contributed by atoms with E-state index in [1.807, 2.05) is 6.92 Å². The summed E-state index contributed by atoms with van der Waals surface area (Å²) in [5.41, 5.74) is 0.935. The van der Waals surface area contributed by atoms with Crippen molar-refractivity contribution in [3.63, 3.8) is 0 Å². The first-order valence-corrected chi connectivity index (χ1v) is 5.39. The van der Waals surface area contributed by atoms with Gasteiger partial charge in [0.05, 0.1) is 18.4 Å². The molecule has 0 bridgehead atoms. The highest BCUT2D eigenvalue weighted by molar-refractivity contribution is 5.92. The van der Waals surface area contributed by atoms with Crippen LogP contribution in [0, 0.1) is 0 Å². The smallest absolute Gasteiger partial charge is 0.270 e. The van der Waals surface area contributed by atoms with Crippen LogP contribution >= 0.6 is 0 Å². The number of pyridine rings is 1. The summed E-state index contributed by atoms with van der Waals surface area (Å²) in [6.45, 7) is 2.20. The highest BCUT2D eigenvalue weighted by Gasteiger charge is 2.09. The number of carbonyl (C=O) groups excluding carboxylic acids is 1. The van der Waals surface area contributed by atoms with Crippen molar-refractivity contribution in [2.45, 2.75) is 19.8 Å². The zero-order chi connectivity index (χ0) is 12.7. The van der Waals surface area contributed by atoms with Gasteiger partial charge in [0.1, 0.15) is 5.69 Å². The first kappa shape index (κ1) is 13.3. The van der Waals surface area contributed by atoms with Crippen molar-refractivity contribution in [2.75, 3.05) is 18.4 Å². The molecule has 2 N–H and O–H groups in total. The van der Waals surface area contributed by atoms with E-state index >= 15 is 0 Å². The van der Waals surface area contributed by atoms with Gasteiger partial charge < -0.3 is 10.6 Å². The number of carbonyl (C=O) groups is 1. The Bertz CT molecular complexity index is 354. The molecule has 0 aromatic carbocycles. The van der Waals surface area contributed by atoms with Crippen LogP contribution in [-0.4, -0.2) is 30.4 Å². The second kappa shape index (κ2) is 6.78. The van der Waals surface area contributed by atoms with Crippen LogP contribution in [0.25, 0.3) is 0 Å². The van der Waals surface area contributed by atoms with Gasteiger partial charge in [-0.25, -0.2) is 13.8 Å². The molecule has 1 amide bonds. The Morgan fingerprint density at radius 2 is 2.24 bits per heavy atom. The Labute approximate surface area is 98.4 Å². The molecule has 4 nitrogen and oxygen atoms in total. The number of nitrogens with one attached hydrogen (secondary N) is 2. The maximum Gasteiger partial charge on any atom is 0.270 e. The Balaban J connectivity index is 2.51. The highest BCUT2D eigenvalue weighted by atomic mass is 19.3. The molecule has 0 unspecified atom stereocenters. The monoisotopic (exact) mass is 243 g/mol. The average molecular weight is 243 g/mol. The minimum absolute atomic E-state index is 0.132. The zero-order valence-electron chi connectivity index (χ0n) is 9.54. The van der Waals surface area contributed by atoms with Gasteiger partial charge >= 0.3 is 0 Å². The van der Waals surface area contributed by atoms with Crippen LogP contribution in [0.15, 0.2) is 18.3 Å². The van der Waals surface area contributed by atoms with E-state index in [9.17, 15) is 13.6 Å². The number of anilines is 1. The van der Waals surface area contributed by atoms with Crippen LogP contribution < -0.4 is 10.6 Å². The number of alkyl halides is 2. The molecule has 0 saturated heterocycles. The number of aromatic nitrogens is 1. The number of amides is 1. The third-order valence-corrected chi connectivity index (χ3v) is 1.99. The SMILES string of the molecule is CCCNc1ccc(C(=O)NCC(F)F)nc1. The first-order chi connectivity index (χ1) is 8.13. The fraction of sp³-hybridized carbons (Fsp3) is 0.455. The van der Waals surface area contributed by atoms with Gasteiger partial charge in [-0.05, 0) is 18.6 Å². The molecule has 6 heteroatoms. The minimum atomic E-state index is -2.55. The fourth-order valence-corrected chi connectivity index (χ4v) is 1.16. The minimum Gasteiger partial charge on any atom is -0.384 e. The van der Waals surface area contributed by atoms with E-state index < -0.39 is 18.9 Å². The first-order valence-electron chi connectivity index (χ1n) is 5.39. The van der Waals surface area contributed by atoms with Crippen molar-refractivity contribution in [1.82, 2.24) is 10.3 Å². The Kier molecular flexibility index (Phi) is 5.32. The molecule has 0 aliphatic heterocycles. The molecule has 0 aliphatic rings. The Morgan fingerprint density at radius 1 is 1.47 bits per heavy atom. The molecule has 0 aliphatic carbocycles. The van der Waals surface area contributed by atoms with Crippen LogP contribution in [-0.2, 0) is 0 Å². The van der Waals surface area contributed by atoms with Gasteiger partial charge in [0.25, 0.3) is 12.3 Å². The van der Waals surface area contributed by atoms with Crippen molar-refractivity contribution in [3.8, 4) is 0 Å². The molecule has 17 heavy (non-hydrogen) atoms. The summed E-state index contributed by atoms with van der Waals surface area (Å²) in [6, 6.07) is 3.19. The lowest BCUT2D eigenvalue weighted by atomic mass is 10.3. The summed E-state index contributed by atoms with van der Waals surface area (Å²) in [4.78, 5) is 15.2. The normalized spacial score (nSPS) is 10.4. The van der Waals surface area contributed by atoms with E-state index in [0.717, 1.165) is 18.7 Å². The number of halogens is 2. The molecule has 0 radical (unpaired) electrons. The van der Waals surface area contributed by atoms with Gasteiger partial charge in [-0.2, -0.15) is 0 Å². The molecule has 94 valence electrons. The van der Waals surface area contributed by atoms with E-state index in [0.29, 0.717) is 0 Å². The molecular formula is C11H15F2N3O. The summed E-state index contributed by atoms with van der Waals surface area (Å²) in [5, 5.41) is 5.19. The number of nitrogens with zero attached hydrogens (tertiary/aromatic N) is 1. The Morgan fingerprint density at radius 3 is 2.76 bits per heavy atom. The van der Waals surface area contributed by atoms with Crippen LogP contribution in [0.5, 0.6) is 0 Å². The predicted molar refractivity (Wildman–Crippen MR) is 61.4 cm³/mol. The highest BCUT2D eigenvalue weighted by Crippen LogP contribution is 2.06. The van der Waals surface area contributed by atoms with E-state index in [2.05, 4.69) is 15.6 Å². The summed E-state index contributed by atoms with van der Waals surface area (Å²) in [6.07, 6.45) is -0.0618. The molecule has 0 fully saturated rings. The molecule has 1 rings (SSSR count). The lowest BCUT2D eigenvalue weighted by molar-refractivity contribution is 0.0887. The number of hydrogen-bond donors (Lipinski definition) is 2. The molecular weight excluding hydrogens is 228 g/mol. The van der Waals surface area contributed by atoms with Crippen LogP contribution in [0.4, 0.5) is 14.5 Å². The zero-order valence-corrected chi connectivity index (χ0v) is 9.54. The molecule has 1 heterocycles. The largest absolute Gasteiger partial charge is 0.384 e. The van der Waals surface area contributed by atoms with Crippen LogP contribution in [0.3, 0.4) is 0 Å². The van der Waals surface area contributed by atoms with Crippen molar-refractivity contribution in [1.29, 1.82) is 0 Å². The van der Waals surface area contributed by atoms with Gasteiger partial charge in [0, 0.05) is 6.54 Å². The van der Waals surface area contributed by atoms with E-state index in [4.69, 9.17) is 0 Å². The van der Waals surface area contributed by atoms with Gasteiger partial charge in [0.15, 0.2) is 0 Å². The molecule has 0 saturated carbocycles. The van der Waals surface area contributed by atoms with E-state index in [1.54, 1.807) is 6.07 Å². The lowest BCUT2D eigenvalue weighted by Gasteiger charge is -2.06. The van der Waals surface area contributed by atoms with E-state index in [-0.39, 0.29) is 5.69 Å². The van der Waals surface area contributed by atoms with Crippen molar-refractivity contribution in [3.05, 3.63) is 24.0 Å². The molecule has 1 aromatic rings. The second-order valence-electron chi connectivity index (χ2n) is 3.46. The second-order valence-corrected chi connectivity index (χ2v) is 3.46. The molecule has 0 atom stereocenters. The lowest BCUT2D eigenvalue weighted by Crippen LogP contribution is -2.29. The van der Waals surface area contributed by atoms with Crippen LogP contribution in [0.2, 0.25) is 0 Å². The number of rotatable bonds is 6. The summed E-state index contributed by atoms with van der Waals surface area (Å²) in [5.74, 6) is -0.590. The summed E-state index contributed by atoms with van der Waals surface area (Å²) < 4.78 is 23.7. The van der Waals surface area contributed by atoms with Gasteiger partial charge in [-0.3, -0.25) is 4.79 Å². The predicted octanol–water partition coefficient (Wildman–Crippen LogP) is 1.90. The average Bonchev–Trinajstić information content (AvgIpc) is 2.34. The maximum absolute atomic E-state index is 11.9. The summed E-state index contributed by atoms with van der Waals surface area (Å²) >= 11 is 0. The summed E-state index contributed by atoms with van der Waals surface area (Å²) in [7, 11) is 0. The maximum atomic E-state index is 11.9. The van der Waals surface area contributed by atoms with Crippen molar-refractivity contribution < 1.29 is 13.6 Å². The van der Waals surface area contributed by atoms with Crippen molar-refractivity contribution in [2.24, 2.45) is 0 Å². The van der Waals surface area contributed by atoms with Crippen LogP contribution in [0.1, 0.15) is 23.8 Å². The quantitative estimate of drug-likeness (QED) is 0.802. The van der Waals surface area contributed by atoms with Gasteiger partial charge in [-0.15, -0.1) is 0 Å². The third-order valence-electron chi connectivity index (χ3n) is 1.99. The number of hydrogen-bond acceptors (Lipinski definition) is 3. The third kappa shape index (κ3) is 4.76. The molecule has 1 aromatic heterocycles. The standard InChI is InChI=1S/C11H15F2N3O/c1-2-5-14-8-3-4-9(15-6-8)11(17)16-7-10(12)13/h3-4,6,10,14H,2,5,7H2,1H3,(H,16,17). The van der Waals surface area contributed by atoms with Gasteiger partial charge in [0.2, 0.25) is 0 Å². The fourth-order valence-electron chi connectivity index (χ4n) is 1.16. The topological polar surface area (TPSA) is 54.0 Å². The Hall–Kier alpha value is -1.72. The van der Waals surface area contributed by atoms with Gasteiger partial charge in [-0.1, -0.05) is 6.92 Å².